The van der Waals surface area contributed by atoms with Gasteiger partial charge in [-0.3, -0.25) is 9.59 Å². The quantitative estimate of drug-likeness (QED) is 0.473. The largest absolute Gasteiger partial charge is 0.490 e. The Morgan fingerprint density at radius 2 is 1.91 bits per heavy atom. The molecule has 0 N–H and O–H groups in total. The first-order chi connectivity index (χ1) is 15.6. The average molecular weight is 433 g/mol. The molecule has 0 spiro atoms. The molecular formula is C26H28N2O4. The maximum atomic E-state index is 13.5. The summed E-state index contributed by atoms with van der Waals surface area (Å²) in [6, 6.07) is 14.1. The van der Waals surface area contributed by atoms with Crippen LogP contribution in [0.4, 0.5) is 0 Å². The Morgan fingerprint density at radius 3 is 2.66 bits per heavy atom. The molecular weight excluding hydrogens is 404 g/mol. The van der Waals surface area contributed by atoms with Crippen LogP contribution in [-0.4, -0.2) is 48.5 Å². The van der Waals surface area contributed by atoms with Crippen LogP contribution in [0.3, 0.4) is 0 Å². The Bertz CT molecular complexity index is 1200. The monoisotopic (exact) mass is 432 g/mol. The van der Waals surface area contributed by atoms with Crippen molar-refractivity contribution in [1.29, 1.82) is 0 Å². The number of fused-ring (bicyclic) bond motifs is 2. The third-order valence-corrected chi connectivity index (χ3v) is 5.97. The number of para-hydroxylation sites is 1. The Labute approximate surface area is 187 Å². The summed E-state index contributed by atoms with van der Waals surface area (Å²) >= 11 is 0. The third-order valence-electron chi connectivity index (χ3n) is 5.97. The minimum absolute atomic E-state index is 0.135. The summed E-state index contributed by atoms with van der Waals surface area (Å²) in [5.41, 5.74) is 1.48. The molecule has 0 fully saturated rings. The number of rotatable bonds is 9. The maximum absolute atomic E-state index is 13.5. The zero-order valence-corrected chi connectivity index (χ0v) is 18.5. The molecule has 1 unspecified atom stereocenters. The number of carbonyl (C=O) groups is 1. The van der Waals surface area contributed by atoms with E-state index in [4.69, 9.17) is 9.15 Å². The number of amides is 1. The van der Waals surface area contributed by atoms with E-state index in [1.807, 2.05) is 24.3 Å². The molecule has 0 aliphatic carbocycles. The van der Waals surface area contributed by atoms with Gasteiger partial charge in [0.25, 0.3) is 5.91 Å². The van der Waals surface area contributed by atoms with E-state index in [1.165, 1.54) is 0 Å². The van der Waals surface area contributed by atoms with Crippen molar-refractivity contribution in [3.8, 4) is 5.75 Å². The predicted molar refractivity (Wildman–Crippen MR) is 125 cm³/mol. The molecule has 0 bridgehead atoms. The summed E-state index contributed by atoms with van der Waals surface area (Å²) in [5, 5.41) is 0.480. The number of hydrogen-bond acceptors (Lipinski definition) is 5. The van der Waals surface area contributed by atoms with Crippen molar-refractivity contribution in [2.75, 3.05) is 32.8 Å². The Hall–Kier alpha value is -3.38. The molecule has 3 aromatic rings. The summed E-state index contributed by atoms with van der Waals surface area (Å²) in [7, 11) is 0. The first kappa shape index (κ1) is 21.8. The van der Waals surface area contributed by atoms with Crippen molar-refractivity contribution in [1.82, 2.24) is 9.80 Å². The van der Waals surface area contributed by atoms with Crippen LogP contribution in [0.1, 0.15) is 41.6 Å². The smallest absolute Gasteiger partial charge is 0.290 e. The number of hydrogen-bond donors (Lipinski definition) is 0. The first-order valence-corrected chi connectivity index (χ1v) is 11.0. The molecule has 6 nitrogen and oxygen atoms in total. The first-order valence-electron chi connectivity index (χ1n) is 11.0. The van der Waals surface area contributed by atoms with Crippen LogP contribution in [0, 0.1) is 0 Å². The van der Waals surface area contributed by atoms with E-state index >= 15 is 0 Å². The number of nitrogens with zero attached hydrogens (tertiary/aromatic N) is 2. The second kappa shape index (κ2) is 9.40. The van der Waals surface area contributed by atoms with E-state index in [2.05, 4.69) is 25.3 Å². The normalized spacial score (nSPS) is 15.4. The predicted octanol–water partition coefficient (Wildman–Crippen LogP) is 4.24. The summed E-state index contributed by atoms with van der Waals surface area (Å²) in [4.78, 5) is 31.0. The molecule has 1 atom stereocenters. The van der Waals surface area contributed by atoms with E-state index in [9.17, 15) is 9.59 Å². The second-order valence-corrected chi connectivity index (χ2v) is 7.77. The van der Waals surface area contributed by atoms with Crippen LogP contribution in [0.15, 0.2) is 70.4 Å². The standard InChI is InChI=1S/C26H28N2O4/c1-4-16-31-19-11-9-10-18(17-19)23-22-24(29)20-12-7-8-13-21(20)32-25(22)26(30)28(23)15-14-27(5-2)6-3/h4,7-13,17,23H,1,5-6,14-16H2,2-3H3. The van der Waals surface area contributed by atoms with Gasteiger partial charge in [-0.05, 0) is 42.9 Å². The van der Waals surface area contributed by atoms with Crippen LogP contribution in [0.2, 0.25) is 0 Å². The topological polar surface area (TPSA) is 63.0 Å². The van der Waals surface area contributed by atoms with Crippen molar-refractivity contribution < 1.29 is 13.9 Å². The molecule has 0 saturated heterocycles. The SMILES string of the molecule is C=CCOc1cccc(C2c3c(oc4ccccc4c3=O)C(=O)N2CCN(CC)CC)c1. The van der Waals surface area contributed by atoms with E-state index < -0.39 is 6.04 Å². The van der Waals surface area contributed by atoms with Crippen LogP contribution < -0.4 is 10.2 Å². The van der Waals surface area contributed by atoms with Crippen LogP contribution in [0.5, 0.6) is 5.75 Å². The van der Waals surface area contributed by atoms with E-state index in [0.717, 1.165) is 18.7 Å². The van der Waals surface area contributed by atoms with Gasteiger partial charge in [0.1, 0.15) is 17.9 Å². The van der Waals surface area contributed by atoms with Crippen molar-refractivity contribution in [2.24, 2.45) is 0 Å². The third kappa shape index (κ3) is 3.94. The molecule has 2 aromatic carbocycles. The zero-order chi connectivity index (χ0) is 22.7. The van der Waals surface area contributed by atoms with Crippen LogP contribution in [0.25, 0.3) is 11.0 Å². The van der Waals surface area contributed by atoms with Gasteiger partial charge in [-0.15, -0.1) is 0 Å². The van der Waals surface area contributed by atoms with Gasteiger partial charge in [0, 0.05) is 13.1 Å². The van der Waals surface area contributed by atoms with Gasteiger partial charge < -0.3 is 19.0 Å². The van der Waals surface area contributed by atoms with Crippen molar-refractivity contribution in [3.63, 3.8) is 0 Å². The van der Waals surface area contributed by atoms with Crippen molar-refractivity contribution in [3.05, 3.63) is 88.3 Å². The highest BCUT2D eigenvalue weighted by molar-refractivity contribution is 5.99. The Balaban J connectivity index is 1.83. The highest BCUT2D eigenvalue weighted by Gasteiger charge is 2.42. The van der Waals surface area contributed by atoms with Gasteiger partial charge in [-0.25, -0.2) is 0 Å². The molecule has 1 aliphatic rings. The lowest BCUT2D eigenvalue weighted by Crippen LogP contribution is -2.37. The molecule has 0 radical (unpaired) electrons. The molecule has 1 aromatic heterocycles. The fraction of sp³-hybridized carbons (Fsp3) is 0.308. The molecule has 32 heavy (non-hydrogen) atoms. The molecule has 1 aliphatic heterocycles. The fourth-order valence-corrected chi connectivity index (χ4v) is 4.26. The summed E-state index contributed by atoms with van der Waals surface area (Å²) in [6.45, 7) is 11.2. The lowest BCUT2D eigenvalue weighted by Gasteiger charge is -2.28. The fourth-order valence-electron chi connectivity index (χ4n) is 4.26. The van der Waals surface area contributed by atoms with E-state index in [1.54, 1.807) is 35.2 Å². The molecule has 0 saturated carbocycles. The number of likely N-dealkylation sites (N-methyl/N-ethyl adjacent to an activating group) is 1. The number of carbonyl (C=O) groups excluding carboxylic acids is 1. The van der Waals surface area contributed by atoms with Gasteiger partial charge in [0.2, 0.25) is 5.76 Å². The molecule has 4 rings (SSSR count). The molecule has 6 heteroatoms. The Morgan fingerprint density at radius 1 is 1.12 bits per heavy atom. The summed E-state index contributed by atoms with van der Waals surface area (Å²) < 4.78 is 11.7. The lowest BCUT2D eigenvalue weighted by molar-refractivity contribution is 0.0708. The van der Waals surface area contributed by atoms with Gasteiger partial charge in [-0.1, -0.05) is 50.8 Å². The average Bonchev–Trinajstić information content (AvgIpc) is 3.10. The lowest BCUT2D eigenvalue weighted by atomic mass is 9.98. The minimum Gasteiger partial charge on any atom is -0.490 e. The van der Waals surface area contributed by atoms with E-state index in [0.29, 0.717) is 42.0 Å². The van der Waals surface area contributed by atoms with Crippen molar-refractivity contribution in [2.45, 2.75) is 19.9 Å². The molecule has 2 heterocycles. The molecule has 166 valence electrons. The minimum atomic E-state index is -0.527. The van der Waals surface area contributed by atoms with E-state index in [-0.39, 0.29) is 17.1 Å². The molecule has 1 amide bonds. The van der Waals surface area contributed by atoms with Crippen LogP contribution >= 0.6 is 0 Å². The second-order valence-electron chi connectivity index (χ2n) is 7.77. The van der Waals surface area contributed by atoms with Crippen LogP contribution in [-0.2, 0) is 0 Å². The van der Waals surface area contributed by atoms with Gasteiger partial charge in [-0.2, -0.15) is 0 Å². The summed E-state index contributed by atoms with van der Waals surface area (Å²) in [6.07, 6.45) is 1.68. The highest BCUT2D eigenvalue weighted by Crippen LogP contribution is 2.38. The number of ether oxygens (including phenoxy) is 1. The number of benzene rings is 2. The maximum Gasteiger partial charge on any atom is 0.290 e. The van der Waals surface area contributed by atoms with Gasteiger partial charge >= 0.3 is 0 Å². The van der Waals surface area contributed by atoms with Crippen molar-refractivity contribution >= 4 is 16.9 Å². The zero-order valence-electron chi connectivity index (χ0n) is 18.5. The van der Waals surface area contributed by atoms with Gasteiger partial charge in [0.15, 0.2) is 5.43 Å². The Kier molecular flexibility index (Phi) is 6.42. The summed E-state index contributed by atoms with van der Waals surface area (Å²) in [5.74, 6) is 0.547. The van der Waals surface area contributed by atoms with Gasteiger partial charge in [0.05, 0.1) is 17.0 Å². The highest BCUT2D eigenvalue weighted by atomic mass is 16.5.